The second-order valence-electron chi connectivity index (χ2n) is 6.88. The van der Waals surface area contributed by atoms with Crippen molar-refractivity contribution in [3.8, 4) is 5.69 Å². The first-order valence-electron chi connectivity index (χ1n) is 9.57. The van der Waals surface area contributed by atoms with E-state index in [1.54, 1.807) is 41.3 Å². The summed E-state index contributed by atoms with van der Waals surface area (Å²) in [7, 11) is 0. The summed E-state index contributed by atoms with van der Waals surface area (Å²) in [5.74, 6) is -0.564. The van der Waals surface area contributed by atoms with Crippen LogP contribution in [0.1, 0.15) is 26.3 Å². The number of halogens is 2. The second-order valence-corrected chi connectivity index (χ2v) is 7.75. The maximum atomic E-state index is 12.5. The monoisotopic (exact) mass is 465 g/mol. The van der Waals surface area contributed by atoms with E-state index in [-0.39, 0.29) is 11.8 Å². The number of amides is 2. The summed E-state index contributed by atoms with van der Waals surface area (Å²) in [5, 5.41) is 10.5. The van der Waals surface area contributed by atoms with Gasteiger partial charge in [0.15, 0.2) is 0 Å². The summed E-state index contributed by atoms with van der Waals surface area (Å²) >= 11 is 11.9. The number of carbonyl (C=O) groups is 2. The minimum Gasteiger partial charge on any atom is -0.348 e. The fourth-order valence-electron chi connectivity index (χ4n) is 2.99. The standard InChI is InChI=1S/C23H17Cl2N5O2/c24-18-9-17(10-19(25)11-18)23(32)29-20-5-3-16(4-6-20)22(31)27-12-15-1-7-21(8-2-15)30-14-26-13-28-30/h1-11,13-14H,12H2,(H,27,31)(H,29,32). The highest BCUT2D eigenvalue weighted by molar-refractivity contribution is 6.35. The van der Waals surface area contributed by atoms with E-state index in [0.29, 0.717) is 33.4 Å². The highest BCUT2D eigenvalue weighted by Crippen LogP contribution is 2.20. The van der Waals surface area contributed by atoms with Gasteiger partial charge in [0.2, 0.25) is 0 Å². The largest absolute Gasteiger partial charge is 0.348 e. The van der Waals surface area contributed by atoms with Crippen LogP contribution in [0.15, 0.2) is 79.4 Å². The topological polar surface area (TPSA) is 88.9 Å². The molecule has 2 amide bonds. The Labute approximate surface area is 194 Å². The van der Waals surface area contributed by atoms with Gasteiger partial charge in [-0.05, 0) is 60.2 Å². The van der Waals surface area contributed by atoms with Gasteiger partial charge in [0.25, 0.3) is 11.8 Å². The molecule has 1 heterocycles. The summed E-state index contributed by atoms with van der Waals surface area (Å²) in [6.45, 7) is 0.379. The second kappa shape index (κ2) is 9.64. The third-order valence-electron chi connectivity index (χ3n) is 4.60. The van der Waals surface area contributed by atoms with Gasteiger partial charge in [-0.25, -0.2) is 9.67 Å². The number of nitrogens with zero attached hydrogens (tertiary/aromatic N) is 3. The highest BCUT2D eigenvalue weighted by Gasteiger charge is 2.10. The number of carbonyl (C=O) groups excluding carboxylic acids is 2. The zero-order valence-electron chi connectivity index (χ0n) is 16.6. The van der Waals surface area contributed by atoms with Crippen molar-refractivity contribution in [3.05, 3.63) is 106 Å². The van der Waals surface area contributed by atoms with Crippen LogP contribution in [0.3, 0.4) is 0 Å². The van der Waals surface area contributed by atoms with Gasteiger partial charge in [0, 0.05) is 33.4 Å². The maximum absolute atomic E-state index is 12.5. The molecule has 0 spiro atoms. The van der Waals surface area contributed by atoms with Crippen LogP contribution in [-0.4, -0.2) is 26.6 Å². The summed E-state index contributed by atoms with van der Waals surface area (Å²) < 4.78 is 1.66. The van der Waals surface area contributed by atoms with Crippen molar-refractivity contribution >= 4 is 40.7 Å². The molecule has 0 bridgehead atoms. The third kappa shape index (κ3) is 5.32. The minimum atomic E-state index is -0.346. The Balaban J connectivity index is 1.33. The van der Waals surface area contributed by atoms with Crippen LogP contribution >= 0.6 is 23.2 Å². The predicted octanol–water partition coefficient (Wildman–Crippen LogP) is 4.76. The number of aromatic nitrogens is 3. The molecule has 0 atom stereocenters. The quantitative estimate of drug-likeness (QED) is 0.429. The van der Waals surface area contributed by atoms with Crippen LogP contribution in [0, 0.1) is 0 Å². The first-order chi connectivity index (χ1) is 15.5. The highest BCUT2D eigenvalue weighted by atomic mass is 35.5. The Morgan fingerprint density at radius 2 is 1.53 bits per heavy atom. The molecule has 3 aromatic carbocycles. The van der Waals surface area contributed by atoms with Gasteiger partial charge in [0.05, 0.1) is 5.69 Å². The molecule has 0 fully saturated rings. The van der Waals surface area contributed by atoms with E-state index in [4.69, 9.17) is 23.2 Å². The fourth-order valence-corrected chi connectivity index (χ4v) is 3.51. The molecule has 0 radical (unpaired) electrons. The molecule has 0 aliphatic heterocycles. The van der Waals surface area contributed by atoms with Crippen LogP contribution < -0.4 is 10.6 Å². The van der Waals surface area contributed by atoms with Crippen molar-refractivity contribution in [2.45, 2.75) is 6.54 Å². The Morgan fingerprint density at radius 1 is 0.844 bits per heavy atom. The molecule has 9 heteroatoms. The normalized spacial score (nSPS) is 10.6. The number of anilines is 1. The predicted molar refractivity (Wildman–Crippen MR) is 123 cm³/mol. The van der Waals surface area contributed by atoms with Gasteiger partial charge in [-0.1, -0.05) is 35.3 Å². The lowest BCUT2D eigenvalue weighted by molar-refractivity contribution is 0.0950. The van der Waals surface area contributed by atoms with Gasteiger partial charge in [-0.3, -0.25) is 9.59 Å². The summed E-state index contributed by atoms with van der Waals surface area (Å²) in [4.78, 5) is 28.8. The van der Waals surface area contributed by atoms with E-state index in [1.165, 1.54) is 18.5 Å². The Kier molecular flexibility index (Phi) is 6.49. The van der Waals surface area contributed by atoms with Crippen molar-refractivity contribution in [3.63, 3.8) is 0 Å². The lowest BCUT2D eigenvalue weighted by Crippen LogP contribution is -2.22. The van der Waals surface area contributed by atoms with E-state index in [0.717, 1.165) is 11.3 Å². The third-order valence-corrected chi connectivity index (χ3v) is 5.04. The number of nitrogens with one attached hydrogen (secondary N) is 2. The van der Waals surface area contributed by atoms with E-state index in [9.17, 15) is 9.59 Å². The zero-order chi connectivity index (χ0) is 22.5. The van der Waals surface area contributed by atoms with Crippen LogP contribution in [0.4, 0.5) is 5.69 Å². The fraction of sp³-hybridized carbons (Fsp3) is 0.0435. The van der Waals surface area contributed by atoms with Crippen molar-refractivity contribution in [2.24, 2.45) is 0 Å². The van der Waals surface area contributed by atoms with E-state index in [1.807, 2.05) is 24.3 Å². The molecule has 1 aromatic heterocycles. The molecule has 160 valence electrons. The van der Waals surface area contributed by atoms with Crippen molar-refractivity contribution in [2.75, 3.05) is 5.32 Å². The van der Waals surface area contributed by atoms with E-state index >= 15 is 0 Å². The molecular weight excluding hydrogens is 449 g/mol. The average molecular weight is 466 g/mol. The first-order valence-corrected chi connectivity index (χ1v) is 10.3. The Hall–Kier alpha value is -3.68. The summed E-state index contributed by atoms with van der Waals surface area (Å²) in [6, 6.07) is 18.9. The summed E-state index contributed by atoms with van der Waals surface area (Å²) in [5.41, 5.74) is 3.21. The molecule has 7 nitrogen and oxygen atoms in total. The van der Waals surface area contributed by atoms with Crippen molar-refractivity contribution in [1.29, 1.82) is 0 Å². The molecule has 32 heavy (non-hydrogen) atoms. The van der Waals surface area contributed by atoms with E-state index < -0.39 is 0 Å². The molecule has 4 rings (SSSR count). The molecule has 4 aromatic rings. The Morgan fingerprint density at radius 3 is 2.16 bits per heavy atom. The molecule has 2 N–H and O–H groups in total. The molecular formula is C23H17Cl2N5O2. The lowest BCUT2D eigenvalue weighted by atomic mass is 10.1. The van der Waals surface area contributed by atoms with Crippen molar-refractivity contribution < 1.29 is 9.59 Å². The zero-order valence-corrected chi connectivity index (χ0v) is 18.1. The van der Waals surface area contributed by atoms with Gasteiger partial charge in [-0.15, -0.1) is 0 Å². The molecule has 0 unspecified atom stereocenters. The maximum Gasteiger partial charge on any atom is 0.255 e. The number of benzene rings is 3. The first kappa shape index (κ1) is 21.5. The number of hydrogen-bond acceptors (Lipinski definition) is 4. The number of hydrogen-bond donors (Lipinski definition) is 2. The van der Waals surface area contributed by atoms with Crippen LogP contribution in [0.5, 0.6) is 0 Å². The molecule has 0 saturated carbocycles. The lowest BCUT2D eigenvalue weighted by Gasteiger charge is -2.09. The molecule has 0 saturated heterocycles. The number of rotatable bonds is 6. The minimum absolute atomic E-state index is 0.218. The summed E-state index contributed by atoms with van der Waals surface area (Å²) in [6.07, 6.45) is 3.09. The average Bonchev–Trinajstić information content (AvgIpc) is 3.33. The van der Waals surface area contributed by atoms with Crippen molar-refractivity contribution in [1.82, 2.24) is 20.1 Å². The van der Waals surface area contributed by atoms with Gasteiger partial charge >= 0.3 is 0 Å². The van der Waals surface area contributed by atoms with Crippen LogP contribution in [-0.2, 0) is 6.54 Å². The van der Waals surface area contributed by atoms with Gasteiger partial charge in [0.1, 0.15) is 12.7 Å². The Bertz CT molecular complexity index is 1220. The van der Waals surface area contributed by atoms with Crippen LogP contribution in [0.2, 0.25) is 10.0 Å². The molecule has 0 aliphatic carbocycles. The molecule has 0 aliphatic rings. The van der Waals surface area contributed by atoms with Crippen LogP contribution in [0.25, 0.3) is 5.69 Å². The smallest absolute Gasteiger partial charge is 0.255 e. The van der Waals surface area contributed by atoms with Gasteiger partial charge < -0.3 is 10.6 Å². The van der Waals surface area contributed by atoms with Gasteiger partial charge in [-0.2, -0.15) is 5.10 Å². The SMILES string of the molecule is O=C(NCc1ccc(-n2cncn2)cc1)c1ccc(NC(=O)c2cc(Cl)cc(Cl)c2)cc1. The van der Waals surface area contributed by atoms with E-state index in [2.05, 4.69) is 20.7 Å².